The summed E-state index contributed by atoms with van der Waals surface area (Å²) in [5, 5.41) is 0. The summed E-state index contributed by atoms with van der Waals surface area (Å²) in [6, 6.07) is 3.07. The van der Waals surface area contributed by atoms with Gasteiger partial charge in [0.05, 0.1) is 11.1 Å². The first-order chi connectivity index (χ1) is 6.21. The number of hydrogen-bond donors (Lipinski definition) is 0. The van der Waals surface area contributed by atoms with Crippen LogP contribution in [0.4, 0.5) is 4.39 Å². The van der Waals surface area contributed by atoms with Crippen molar-refractivity contribution in [3.8, 4) is 5.75 Å². The second-order valence-corrected chi connectivity index (χ2v) is 4.69. The van der Waals surface area contributed by atoms with Crippen LogP contribution in [0.25, 0.3) is 0 Å². The van der Waals surface area contributed by atoms with Crippen LogP contribution in [0.1, 0.15) is 18.4 Å². The molecule has 3 heteroatoms. The molecule has 3 rings (SSSR count). The molecule has 0 saturated heterocycles. The van der Waals surface area contributed by atoms with Gasteiger partial charge in [0.25, 0.3) is 0 Å². The van der Waals surface area contributed by atoms with Crippen LogP contribution in [0.3, 0.4) is 0 Å². The van der Waals surface area contributed by atoms with Gasteiger partial charge in [0.1, 0.15) is 11.6 Å². The van der Waals surface area contributed by atoms with Crippen LogP contribution in [0.5, 0.6) is 5.75 Å². The van der Waals surface area contributed by atoms with Crippen molar-refractivity contribution in [1.82, 2.24) is 0 Å². The van der Waals surface area contributed by atoms with Crippen molar-refractivity contribution >= 4 is 15.9 Å². The van der Waals surface area contributed by atoms with Gasteiger partial charge in [-0.2, -0.15) is 0 Å². The van der Waals surface area contributed by atoms with Gasteiger partial charge >= 0.3 is 0 Å². The van der Waals surface area contributed by atoms with Crippen molar-refractivity contribution in [1.29, 1.82) is 0 Å². The molecule has 0 aromatic heterocycles. The van der Waals surface area contributed by atoms with Gasteiger partial charge in [-0.05, 0) is 40.9 Å². The first kappa shape index (κ1) is 7.80. The van der Waals surface area contributed by atoms with E-state index in [2.05, 4.69) is 15.9 Å². The lowest BCUT2D eigenvalue weighted by atomic mass is 9.99. The highest BCUT2D eigenvalue weighted by Crippen LogP contribution is 2.57. The molecule has 1 fully saturated rings. The molecule has 0 N–H and O–H groups in total. The van der Waals surface area contributed by atoms with Gasteiger partial charge in [-0.1, -0.05) is 0 Å². The normalized spacial score (nSPS) is 21.4. The summed E-state index contributed by atoms with van der Waals surface area (Å²) < 4.78 is 19.4. The van der Waals surface area contributed by atoms with Crippen LogP contribution in [0, 0.1) is 5.82 Å². The number of ether oxygens (including phenoxy) is 1. The maximum atomic E-state index is 13.1. The minimum atomic E-state index is -0.178. The second kappa shape index (κ2) is 2.27. The molecule has 1 aromatic carbocycles. The van der Waals surface area contributed by atoms with E-state index < -0.39 is 0 Å². The molecular weight excluding hydrogens is 235 g/mol. The fourth-order valence-electron chi connectivity index (χ4n) is 1.95. The third kappa shape index (κ3) is 0.966. The zero-order valence-electron chi connectivity index (χ0n) is 6.94. The lowest BCUT2D eigenvalue weighted by Crippen LogP contribution is -2.07. The highest BCUT2D eigenvalue weighted by Gasteiger charge is 2.51. The summed E-state index contributed by atoms with van der Waals surface area (Å²) in [6.45, 7) is 0.727. The van der Waals surface area contributed by atoms with Gasteiger partial charge in [-0.15, -0.1) is 0 Å². The summed E-state index contributed by atoms with van der Waals surface area (Å²) in [6.07, 6.45) is 2.27. The second-order valence-electron chi connectivity index (χ2n) is 3.83. The van der Waals surface area contributed by atoms with Crippen LogP contribution in [-0.4, -0.2) is 6.61 Å². The first-order valence-electron chi connectivity index (χ1n) is 4.34. The molecular formula is C10H8BrFO. The predicted octanol–water partition coefficient (Wildman–Crippen LogP) is 3.01. The Morgan fingerprint density at radius 3 is 2.85 bits per heavy atom. The van der Waals surface area contributed by atoms with E-state index in [1.54, 1.807) is 6.07 Å². The Labute approximate surface area is 84.0 Å². The van der Waals surface area contributed by atoms with E-state index in [-0.39, 0.29) is 11.2 Å². The van der Waals surface area contributed by atoms with Gasteiger partial charge in [-0.25, -0.2) is 4.39 Å². The van der Waals surface area contributed by atoms with Crippen LogP contribution in [0.15, 0.2) is 16.6 Å². The van der Waals surface area contributed by atoms with Crippen molar-refractivity contribution in [3.63, 3.8) is 0 Å². The van der Waals surface area contributed by atoms with Crippen molar-refractivity contribution in [2.24, 2.45) is 0 Å². The van der Waals surface area contributed by atoms with Gasteiger partial charge in [0, 0.05) is 11.0 Å². The van der Waals surface area contributed by atoms with Crippen LogP contribution < -0.4 is 4.74 Å². The molecule has 1 spiro atoms. The summed E-state index contributed by atoms with van der Waals surface area (Å²) in [4.78, 5) is 0. The van der Waals surface area contributed by atoms with Crippen molar-refractivity contribution in [3.05, 3.63) is 28.0 Å². The highest BCUT2D eigenvalue weighted by molar-refractivity contribution is 9.10. The zero-order chi connectivity index (χ0) is 9.05. The topological polar surface area (TPSA) is 9.23 Å². The monoisotopic (exact) mass is 242 g/mol. The molecule has 0 atom stereocenters. The summed E-state index contributed by atoms with van der Waals surface area (Å²) in [5.74, 6) is 0.668. The van der Waals surface area contributed by atoms with Gasteiger partial charge in [0.15, 0.2) is 0 Å². The van der Waals surface area contributed by atoms with E-state index in [1.807, 2.05) is 0 Å². The summed E-state index contributed by atoms with van der Waals surface area (Å²) in [5.41, 5.74) is 1.22. The molecule has 0 bridgehead atoms. The maximum Gasteiger partial charge on any atom is 0.137 e. The lowest BCUT2D eigenvalue weighted by molar-refractivity contribution is 0.322. The summed E-state index contributed by atoms with van der Waals surface area (Å²) >= 11 is 3.31. The smallest absolute Gasteiger partial charge is 0.137 e. The Balaban J connectivity index is 2.24. The molecule has 2 aliphatic rings. The average molecular weight is 243 g/mol. The molecule has 0 amide bonds. The van der Waals surface area contributed by atoms with Crippen LogP contribution >= 0.6 is 15.9 Å². The van der Waals surface area contributed by atoms with Crippen LogP contribution in [0.2, 0.25) is 0 Å². The molecule has 1 heterocycles. The van der Waals surface area contributed by atoms with E-state index in [0.717, 1.165) is 35.2 Å². The molecule has 0 radical (unpaired) electrons. The molecule has 1 aromatic rings. The molecule has 68 valence electrons. The average Bonchev–Trinajstić information content (AvgIpc) is 2.73. The van der Waals surface area contributed by atoms with E-state index in [1.165, 1.54) is 6.07 Å². The Bertz CT molecular complexity index is 385. The number of hydrogen-bond acceptors (Lipinski definition) is 1. The quantitative estimate of drug-likeness (QED) is 0.680. The molecule has 1 aliphatic heterocycles. The number of halogens is 2. The van der Waals surface area contributed by atoms with Crippen molar-refractivity contribution < 1.29 is 9.13 Å². The summed E-state index contributed by atoms with van der Waals surface area (Å²) in [7, 11) is 0. The largest absolute Gasteiger partial charge is 0.491 e. The maximum absolute atomic E-state index is 13.1. The fourth-order valence-corrected chi connectivity index (χ4v) is 2.50. The molecule has 1 aliphatic carbocycles. The Hall–Kier alpha value is -0.570. The minimum absolute atomic E-state index is 0.167. The van der Waals surface area contributed by atoms with Gasteiger partial charge in [0.2, 0.25) is 0 Å². The van der Waals surface area contributed by atoms with Crippen molar-refractivity contribution in [2.45, 2.75) is 18.3 Å². The minimum Gasteiger partial charge on any atom is -0.491 e. The Morgan fingerprint density at radius 2 is 2.15 bits per heavy atom. The van der Waals surface area contributed by atoms with Gasteiger partial charge in [-0.3, -0.25) is 0 Å². The number of benzene rings is 1. The standard InChI is InChI=1S/C10H8BrFO/c11-8-4-6(12)3-7-9(8)13-5-10(7)1-2-10/h3-4H,1-2,5H2. The van der Waals surface area contributed by atoms with E-state index in [4.69, 9.17) is 4.74 Å². The predicted molar refractivity (Wildman–Crippen MR) is 50.5 cm³/mol. The zero-order valence-corrected chi connectivity index (χ0v) is 8.53. The van der Waals surface area contributed by atoms with E-state index in [9.17, 15) is 4.39 Å². The number of rotatable bonds is 0. The molecule has 1 saturated carbocycles. The first-order valence-corrected chi connectivity index (χ1v) is 5.13. The Kier molecular flexibility index (Phi) is 1.36. The molecule has 1 nitrogen and oxygen atoms in total. The third-order valence-electron chi connectivity index (χ3n) is 2.93. The fraction of sp³-hybridized carbons (Fsp3) is 0.400. The molecule has 13 heavy (non-hydrogen) atoms. The Morgan fingerprint density at radius 1 is 1.38 bits per heavy atom. The molecule has 0 unspecified atom stereocenters. The lowest BCUT2D eigenvalue weighted by Gasteiger charge is -2.04. The van der Waals surface area contributed by atoms with E-state index >= 15 is 0 Å². The highest BCUT2D eigenvalue weighted by atomic mass is 79.9. The van der Waals surface area contributed by atoms with Gasteiger partial charge < -0.3 is 4.74 Å². The SMILES string of the molecule is Fc1cc(Br)c2c(c1)C1(CC1)CO2. The third-order valence-corrected chi connectivity index (χ3v) is 3.52. The van der Waals surface area contributed by atoms with Crippen molar-refractivity contribution in [2.75, 3.05) is 6.61 Å². The van der Waals surface area contributed by atoms with Crippen LogP contribution in [-0.2, 0) is 5.41 Å². The number of fused-ring (bicyclic) bond motifs is 2. The van der Waals surface area contributed by atoms with E-state index in [0.29, 0.717) is 0 Å².